The molecule has 1 aromatic heterocycles. The average Bonchev–Trinajstić information content (AvgIpc) is 3.55. The highest BCUT2D eigenvalue weighted by Gasteiger charge is 2.28. The third-order valence-electron chi connectivity index (χ3n) is 7.68. The number of sulfonamides is 2. The number of halogens is 3. The zero-order chi connectivity index (χ0) is 36.6. The van der Waals surface area contributed by atoms with Gasteiger partial charge in [0.05, 0.1) is 29.1 Å². The molecule has 0 atom stereocenters. The molecule has 1 amide bonds. The predicted molar refractivity (Wildman–Crippen MR) is 202 cm³/mol. The van der Waals surface area contributed by atoms with E-state index in [0.717, 1.165) is 19.9 Å². The highest BCUT2D eigenvalue weighted by Crippen LogP contribution is 2.27. The molecule has 0 fully saturated rings. The van der Waals surface area contributed by atoms with Crippen LogP contribution in [0.3, 0.4) is 0 Å². The van der Waals surface area contributed by atoms with Crippen molar-refractivity contribution >= 4 is 71.3 Å². The van der Waals surface area contributed by atoms with Crippen LogP contribution in [-0.2, 0) is 44.4 Å². The standard InChI is InChI=1S/C36H33BrCl2N4O6S2/c1-26-7-15-33(16-8-26)51(47,48)43(23-28-9-12-30(38)21-35(28)39)24-32-14-13-31(49-32)22-40-41-36(44)25-42(20-19-27-5-3-2-4-6-27)50(45,46)34-17-10-29(37)11-18-34/h2-18,21-22H,19-20,23-25H2,1H3,(H,41,44)/b40-22-. The van der Waals surface area contributed by atoms with Gasteiger partial charge >= 0.3 is 0 Å². The van der Waals surface area contributed by atoms with E-state index in [4.69, 9.17) is 27.6 Å². The Morgan fingerprint density at radius 2 is 1.47 bits per heavy atom. The van der Waals surface area contributed by atoms with E-state index < -0.39 is 32.5 Å². The summed E-state index contributed by atoms with van der Waals surface area (Å²) < 4.78 is 63.5. The number of nitrogens with zero attached hydrogens (tertiary/aromatic N) is 3. The van der Waals surface area contributed by atoms with Crippen LogP contribution in [0.5, 0.6) is 0 Å². The zero-order valence-corrected chi connectivity index (χ0v) is 32.0. The van der Waals surface area contributed by atoms with Crippen LogP contribution in [0.4, 0.5) is 0 Å². The van der Waals surface area contributed by atoms with Gasteiger partial charge in [-0.15, -0.1) is 0 Å². The molecular formula is C36H33BrCl2N4O6S2. The van der Waals surface area contributed by atoms with Crippen LogP contribution in [0, 0.1) is 6.92 Å². The van der Waals surface area contributed by atoms with Crippen LogP contribution in [0.25, 0.3) is 0 Å². The van der Waals surface area contributed by atoms with Gasteiger partial charge in [0.25, 0.3) is 5.91 Å². The van der Waals surface area contributed by atoms with Crippen molar-refractivity contribution in [3.05, 3.63) is 152 Å². The topological polar surface area (TPSA) is 129 Å². The van der Waals surface area contributed by atoms with Crippen LogP contribution in [0.2, 0.25) is 10.0 Å². The van der Waals surface area contributed by atoms with Crippen LogP contribution in [0.15, 0.2) is 133 Å². The molecule has 0 saturated heterocycles. The van der Waals surface area contributed by atoms with Crippen molar-refractivity contribution in [2.24, 2.45) is 5.10 Å². The Bertz CT molecular complexity index is 2220. The van der Waals surface area contributed by atoms with Gasteiger partial charge in [-0.3, -0.25) is 4.79 Å². The zero-order valence-electron chi connectivity index (χ0n) is 27.2. The van der Waals surface area contributed by atoms with Crippen molar-refractivity contribution in [1.29, 1.82) is 0 Å². The van der Waals surface area contributed by atoms with Gasteiger partial charge in [-0.1, -0.05) is 93.2 Å². The van der Waals surface area contributed by atoms with Crippen molar-refractivity contribution < 1.29 is 26.0 Å². The number of benzene rings is 4. The van der Waals surface area contributed by atoms with Crippen molar-refractivity contribution in [2.45, 2.75) is 36.2 Å². The predicted octanol–water partition coefficient (Wildman–Crippen LogP) is 7.43. The first-order valence-electron chi connectivity index (χ1n) is 15.5. The molecular weight excluding hydrogens is 799 g/mol. The second kappa shape index (κ2) is 17.1. The van der Waals surface area contributed by atoms with E-state index in [1.165, 1.54) is 34.8 Å². The number of rotatable bonds is 15. The molecule has 0 aliphatic heterocycles. The maximum absolute atomic E-state index is 13.8. The quantitative estimate of drug-likeness (QED) is 0.0864. The molecule has 1 N–H and O–H groups in total. The first kappa shape index (κ1) is 38.4. The molecule has 0 spiro atoms. The van der Waals surface area contributed by atoms with Gasteiger partial charge in [0.15, 0.2) is 0 Å². The van der Waals surface area contributed by atoms with Gasteiger partial charge < -0.3 is 4.42 Å². The Morgan fingerprint density at radius 1 is 0.824 bits per heavy atom. The van der Waals surface area contributed by atoms with Crippen molar-refractivity contribution in [3.8, 4) is 0 Å². The lowest BCUT2D eigenvalue weighted by Gasteiger charge is -2.22. The number of carbonyl (C=O) groups is 1. The van der Waals surface area contributed by atoms with Crippen LogP contribution < -0.4 is 5.43 Å². The normalized spacial score (nSPS) is 12.2. The minimum atomic E-state index is -4.02. The first-order valence-corrected chi connectivity index (χ1v) is 20.0. The Morgan fingerprint density at radius 3 is 2.14 bits per heavy atom. The van der Waals surface area contributed by atoms with E-state index in [0.29, 0.717) is 27.8 Å². The smallest absolute Gasteiger partial charge is 0.255 e. The molecule has 0 radical (unpaired) electrons. The van der Waals surface area contributed by atoms with E-state index in [9.17, 15) is 21.6 Å². The summed E-state index contributed by atoms with van der Waals surface area (Å²) in [4.78, 5) is 13.1. The average molecular weight is 833 g/mol. The molecule has 0 bridgehead atoms. The fourth-order valence-corrected chi connectivity index (χ4v) is 8.46. The molecule has 10 nitrogen and oxygen atoms in total. The number of hydrogen-bond donors (Lipinski definition) is 1. The molecule has 266 valence electrons. The van der Waals surface area contributed by atoms with Crippen LogP contribution in [-0.4, -0.2) is 50.7 Å². The Hall–Kier alpha value is -3.82. The lowest BCUT2D eigenvalue weighted by molar-refractivity contribution is -0.121. The molecule has 5 aromatic rings. The monoisotopic (exact) mass is 830 g/mol. The number of carbonyl (C=O) groups excluding carboxylic acids is 1. The summed E-state index contributed by atoms with van der Waals surface area (Å²) in [6.07, 6.45) is 1.64. The maximum atomic E-state index is 13.8. The van der Waals surface area contributed by atoms with E-state index >= 15 is 0 Å². The SMILES string of the molecule is Cc1ccc(S(=O)(=O)N(Cc2ccc(/C=N\NC(=O)CN(CCc3ccccc3)S(=O)(=O)c3ccc(Br)cc3)o2)Cc2ccc(Cl)cc2Cl)cc1. The molecule has 5 rings (SSSR count). The molecule has 51 heavy (non-hydrogen) atoms. The van der Waals surface area contributed by atoms with Gasteiger partial charge in [0.1, 0.15) is 11.5 Å². The third kappa shape index (κ3) is 10.4. The summed E-state index contributed by atoms with van der Waals surface area (Å²) in [6, 6.07) is 30.1. The molecule has 15 heteroatoms. The molecule has 0 unspecified atom stereocenters. The fourth-order valence-electron chi connectivity index (χ4n) is 4.95. The number of amides is 1. The molecule has 1 heterocycles. The number of hydrazone groups is 1. The highest BCUT2D eigenvalue weighted by molar-refractivity contribution is 9.10. The van der Waals surface area contributed by atoms with Crippen LogP contribution >= 0.6 is 39.1 Å². The maximum Gasteiger partial charge on any atom is 0.255 e. The van der Waals surface area contributed by atoms with Crippen molar-refractivity contribution in [3.63, 3.8) is 0 Å². The van der Waals surface area contributed by atoms with Gasteiger partial charge in [-0.05, 0) is 85.1 Å². The fraction of sp³-hybridized carbons (Fsp3) is 0.167. The number of nitrogens with one attached hydrogen (secondary N) is 1. The summed E-state index contributed by atoms with van der Waals surface area (Å²) in [6.45, 7) is 1.25. The van der Waals surface area contributed by atoms with Crippen LogP contribution in [0.1, 0.15) is 28.2 Å². The number of hydrogen-bond acceptors (Lipinski definition) is 7. The van der Waals surface area contributed by atoms with Gasteiger partial charge in [0.2, 0.25) is 20.0 Å². The molecule has 0 aliphatic rings. The summed E-state index contributed by atoms with van der Waals surface area (Å²) in [5.74, 6) is -0.135. The Kier molecular flexibility index (Phi) is 12.9. The molecule has 0 aliphatic carbocycles. The Balaban J connectivity index is 1.28. The molecule has 4 aromatic carbocycles. The molecule has 0 saturated carbocycles. The summed E-state index contributed by atoms with van der Waals surface area (Å²) in [5.41, 5.74) is 4.74. The minimum Gasteiger partial charge on any atom is -0.459 e. The Labute approximate surface area is 315 Å². The van der Waals surface area contributed by atoms with E-state index in [2.05, 4.69) is 26.5 Å². The van der Waals surface area contributed by atoms with Gasteiger partial charge in [-0.2, -0.15) is 13.7 Å². The van der Waals surface area contributed by atoms with Gasteiger partial charge in [0, 0.05) is 27.6 Å². The van der Waals surface area contributed by atoms with E-state index in [1.54, 1.807) is 54.6 Å². The van der Waals surface area contributed by atoms with E-state index in [-0.39, 0.29) is 35.2 Å². The third-order valence-corrected chi connectivity index (χ3v) is 12.5. The van der Waals surface area contributed by atoms with Crippen molar-refractivity contribution in [2.75, 3.05) is 13.1 Å². The van der Waals surface area contributed by atoms with E-state index in [1.807, 2.05) is 37.3 Å². The summed E-state index contributed by atoms with van der Waals surface area (Å²) >= 11 is 15.8. The lowest BCUT2D eigenvalue weighted by atomic mass is 10.1. The largest absolute Gasteiger partial charge is 0.459 e. The van der Waals surface area contributed by atoms with Crippen molar-refractivity contribution in [1.82, 2.24) is 14.0 Å². The highest BCUT2D eigenvalue weighted by atomic mass is 79.9. The lowest BCUT2D eigenvalue weighted by Crippen LogP contribution is -2.40. The minimum absolute atomic E-state index is 0.0509. The first-order chi connectivity index (χ1) is 24.3. The summed E-state index contributed by atoms with van der Waals surface area (Å²) in [7, 11) is -8.01. The second-order valence-corrected chi connectivity index (χ2v) is 17.1. The number of furan rings is 1. The number of aryl methyl sites for hydroxylation is 1. The van der Waals surface area contributed by atoms with Gasteiger partial charge in [-0.25, -0.2) is 22.3 Å². The second-order valence-electron chi connectivity index (χ2n) is 11.4. The summed E-state index contributed by atoms with van der Waals surface area (Å²) in [5, 5.41) is 4.69.